The van der Waals surface area contributed by atoms with Crippen molar-refractivity contribution in [1.29, 1.82) is 0 Å². The Bertz CT molecular complexity index is 509. The third kappa shape index (κ3) is 4.46. The molecule has 0 aliphatic rings. The van der Waals surface area contributed by atoms with Gasteiger partial charge in [-0.15, -0.1) is 0 Å². The number of nitrogens with one attached hydrogen (secondary N) is 1. The Hall–Kier alpha value is -2.08. The van der Waals surface area contributed by atoms with Gasteiger partial charge in [0.1, 0.15) is 0 Å². The van der Waals surface area contributed by atoms with E-state index in [0.717, 1.165) is 0 Å². The van der Waals surface area contributed by atoms with E-state index in [1.165, 1.54) is 4.90 Å². The SMILES string of the molecule is CC(O)CN(C)C(=O)Nc1ccc(C(C)(C)C(=O)O)cc1. The summed E-state index contributed by atoms with van der Waals surface area (Å²) in [5, 5.41) is 21.1. The maximum absolute atomic E-state index is 11.8. The van der Waals surface area contributed by atoms with Crippen LogP contribution in [0, 0.1) is 0 Å². The van der Waals surface area contributed by atoms with E-state index in [4.69, 9.17) is 5.11 Å². The number of aliphatic carboxylic acids is 1. The molecule has 21 heavy (non-hydrogen) atoms. The van der Waals surface area contributed by atoms with Gasteiger partial charge in [0, 0.05) is 19.3 Å². The number of urea groups is 1. The molecule has 0 aromatic heterocycles. The van der Waals surface area contributed by atoms with Crippen molar-refractivity contribution >= 4 is 17.7 Å². The van der Waals surface area contributed by atoms with E-state index in [9.17, 15) is 14.7 Å². The van der Waals surface area contributed by atoms with Crippen LogP contribution in [-0.4, -0.2) is 46.8 Å². The molecule has 0 heterocycles. The largest absolute Gasteiger partial charge is 0.481 e. The van der Waals surface area contributed by atoms with Crippen LogP contribution in [0.5, 0.6) is 0 Å². The molecule has 6 nitrogen and oxygen atoms in total. The van der Waals surface area contributed by atoms with Gasteiger partial charge in [-0.05, 0) is 38.5 Å². The van der Waals surface area contributed by atoms with Crippen LogP contribution >= 0.6 is 0 Å². The van der Waals surface area contributed by atoms with Crippen LogP contribution in [0.2, 0.25) is 0 Å². The molecule has 0 saturated heterocycles. The Morgan fingerprint density at radius 1 is 1.29 bits per heavy atom. The number of benzene rings is 1. The molecule has 0 fully saturated rings. The minimum absolute atomic E-state index is 0.232. The Kier molecular flexibility index (Phi) is 5.32. The Labute approximate surface area is 124 Å². The van der Waals surface area contributed by atoms with Crippen LogP contribution in [0.1, 0.15) is 26.3 Å². The Morgan fingerprint density at radius 3 is 2.24 bits per heavy atom. The maximum atomic E-state index is 11.8. The highest BCUT2D eigenvalue weighted by atomic mass is 16.4. The molecule has 1 atom stereocenters. The number of hydrogen-bond acceptors (Lipinski definition) is 3. The van der Waals surface area contributed by atoms with Crippen LogP contribution in [-0.2, 0) is 10.2 Å². The summed E-state index contributed by atoms with van der Waals surface area (Å²) in [6.07, 6.45) is -0.598. The van der Waals surface area contributed by atoms with E-state index >= 15 is 0 Å². The van der Waals surface area contributed by atoms with Crippen LogP contribution in [0.25, 0.3) is 0 Å². The first kappa shape index (κ1) is 17.0. The standard InChI is InChI=1S/C15H22N2O4/c1-10(18)9-17(4)14(21)16-12-7-5-11(6-8-12)15(2,3)13(19)20/h5-8,10,18H,9H2,1-4H3,(H,16,21)(H,19,20). The van der Waals surface area contributed by atoms with Gasteiger partial charge in [0.2, 0.25) is 0 Å². The molecule has 116 valence electrons. The van der Waals surface area contributed by atoms with Crippen LogP contribution < -0.4 is 5.32 Å². The highest BCUT2D eigenvalue weighted by Gasteiger charge is 2.29. The van der Waals surface area contributed by atoms with Crippen molar-refractivity contribution in [3.63, 3.8) is 0 Å². The van der Waals surface area contributed by atoms with Gasteiger partial charge in [-0.3, -0.25) is 4.79 Å². The predicted molar refractivity (Wildman–Crippen MR) is 80.4 cm³/mol. The van der Waals surface area contributed by atoms with Gasteiger partial charge < -0.3 is 20.4 Å². The molecule has 0 aliphatic heterocycles. The highest BCUT2D eigenvalue weighted by molar-refractivity contribution is 5.89. The minimum atomic E-state index is -0.981. The lowest BCUT2D eigenvalue weighted by atomic mass is 9.85. The monoisotopic (exact) mass is 294 g/mol. The third-order valence-electron chi connectivity index (χ3n) is 3.28. The second kappa shape index (κ2) is 6.58. The number of hydrogen-bond donors (Lipinski definition) is 3. The number of aliphatic hydroxyl groups is 1. The first-order valence-corrected chi connectivity index (χ1v) is 6.68. The number of rotatable bonds is 5. The van der Waals surface area contributed by atoms with Crippen molar-refractivity contribution in [2.24, 2.45) is 0 Å². The molecule has 6 heteroatoms. The molecule has 1 unspecified atom stereocenters. The van der Waals surface area contributed by atoms with Crippen LogP contribution in [0.3, 0.4) is 0 Å². The zero-order valence-corrected chi connectivity index (χ0v) is 12.8. The molecule has 1 aromatic rings. The lowest BCUT2D eigenvalue weighted by Gasteiger charge is -2.21. The van der Waals surface area contributed by atoms with E-state index < -0.39 is 17.5 Å². The molecular formula is C15H22N2O4. The number of carboxylic acid groups (broad SMARTS) is 1. The van der Waals surface area contributed by atoms with E-state index in [2.05, 4.69) is 5.32 Å². The summed E-state index contributed by atoms with van der Waals surface area (Å²) >= 11 is 0. The molecule has 1 rings (SSSR count). The van der Waals surface area contributed by atoms with Gasteiger partial charge in [0.05, 0.1) is 11.5 Å². The summed E-state index contributed by atoms with van der Waals surface area (Å²) < 4.78 is 0. The van der Waals surface area contributed by atoms with Crippen molar-refractivity contribution < 1.29 is 19.8 Å². The molecule has 0 bridgehead atoms. The number of carbonyl (C=O) groups excluding carboxylic acids is 1. The topological polar surface area (TPSA) is 89.9 Å². The second-order valence-electron chi connectivity index (χ2n) is 5.67. The van der Waals surface area contributed by atoms with Crippen molar-refractivity contribution in [1.82, 2.24) is 4.90 Å². The fourth-order valence-corrected chi connectivity index (χ4v) is 1.79. The highest BCUT2D eigenvalue weighted by Crippen LogP contribution is 2.24. The summed E-state index contributed by atoms with van der Waals surface area (Å²) in [6, 6.07) is 6.35. The quantitative estimate of drug-likeness (QED) is 0.773. The van der Waals surface area contributed by atoms with Gasteiger partial charge in [0.15, 0.2) is 0 Å². The Balaban J connectivity index is 2.76. The number of amides is 2. The van der Waals surface area contributed by atoms with Crippen molar-refractivity contribution in [2.75, 3.05) is 18.9 Å². The molecule has 0 aliphatic carbocycles. The average molecular weight is 294 g/mol. The fourth-order valence-electron chi connectivity index (χ4n) is 1.79. The van der Waals surface area contributed by atoms with E-state index in [0.29, 0.717) is 11.3 Å². The fraction of sp³-hybridized carbons (Fsp3) is 0.467. The summed E-state index contributed by atoms with van der Waals surface area (Å²) in [6.45, 7) is 5.08. The molecule has 2 amide bonds. The first-order valence-electron chi connectivity index (χ1n) is 6.68. The minimum Gasteiger partial charge on any atom is -0.481 e. The summed E-state index contributed by atoms with van der Waals surface area (Å²) in [4.78, 5) is 24.4. The lowest BCUT2D eigenvalue weighted by Crippen LogP contribution is -2.36. The van der Waals surface area contributed by atoms with E-state index in [1.54, 1.807) is 52.1 Å². The van der Waals surface area contributed by atoms with Gasteiger partial charge in [-0.1, -0.05) is 12.1 Å². The smallest absolute Gasteiger partial charge is 0.321 e. The lowest BCUT2D eigenvalue weighted by molar-refractivity contribution is -0.142. The average Bonchev–Trinajstić information content (AvgIpc) is 2.38. The number of aliphatic hydroxyl groups excluding tert-OH is 1. The van der Waals surface area contributed by atoms with E-state index in [1.807, 2.05) is 0 Å². The van der Waals surface area contributed by atoms with Crippen LogP contribution in [0.15, 0.2) is 24.3 Å². The first-order chi connectivity index (χ1) is 9.64. The summed E-state index contributed by atoms with van der Waals surface area (Å²) in [7, 11) is 1.59. The normalized spacial score (nSPS) is 12.6. The molecular weight excluding hydrogens is 272 g/mol. The molecule has 3 N–H and O–H groups in total. The zero-order valence-electron chi connectivity index (χ0n) is 12.8. The van der Waals surface area contributed by atoms with Gasteiger partial charge in [0.25, 0.3) is 0 Å². The molecule has 1 aromatic carbocycles. The van der Waals surface area contributed by atoms with Crippen molar-refractivity contribution in [2.45, 2.75) is 32.3 Å². The van der Waals surface area contributed by atoms with Gasteiger partial charge >= 0.3 is 12.0 Å². The number of likely N-dealkylation sites (N-methyl/N-ethyl adjacent to an activating group) is 1. The van der Waals surface area contributed by atoms with Gasteiger partial charge in [-0.25, -0.2) is 4.79 Å². The number of carboxylic acids is 1. The molecule has 0 saturated carbocycles. The summed E-state index contributed by atoms with van der Waals surface area (Å²) in [5.74, 6) is -0.907. The third-order valence-corrected chi connectivity index (χ3v) is 3.28. The second-order valence-corrected chi connectivity index (χ2v) is 5.67. The maximum Gasteiger partial charge on any atom is 0.321 e. The van der Waals surface area contributed by atoms with Crippen molar-refractivity contribution in [3.05, 3.63) is 29.8 Å². The molecule has 0 radical (unpaired) electrons. The van der Waals surface area contributed by atoms with Crippen molar-refractivity contribution in [3.8, 4) is 0 Å². The number of anilines is 1. The predicted octanol–water partition coefficient (Wildman–Crippen LogP) is 1.89. The Morgan fingerprint density at radius 2 is 1.81 bits per heavy atom. The van der Waals surface area contributed by atoms with Gasteiger partial charge in [-0.2, -0.15) is 0 Å². The zero-order chi connectivity index (χ0) is 16.2. The van der Waals surface area contributed by atoms with Crippen LogP contribution in [0.4, 0.5) is 10.5 Å². The number of nitrogens with zero attached hydrogens (tertiary/aromatic N) is 1. The number of carbonyl (C=O) groups is 2. The molecule has 0 spiro atoms. The van der Waals surface area contributed by atoms with E-state index in [-0.39, 0.29) is 12.6 Å². The summed E-state index contributed by atoms with van der Waals surface area (Å²) in [5.41, 5.74) is 0.249.